The number of hydrogen-bond acceptors (Lipinski definition) is 3. The van der Waals surface area contributed by atoms with E-state index < -0.39 is 6.04 Å². The molecule has 0 unspecified atom stereocenters. The highest BCUT2D eigenvalue weighted by Crippen LogP contribution is 2.26. The van der Waals surface area contributed by atoms with Gasteiger partial charge in [-0.05, 0) is 37.5 Å². The molecule has 5 nitrogen and oxygen atoms in total. The Bertz CT molecular complexity index is 329. The zero-order valence-corrected chi connectivity index (χ0v) is 14.2. The van der Waals surface area contributed by atoms with Crippen molar-refractivity contribution in [2.24, 2.45) is 17.6 Å². The molecule has 2 amide bonds. The predicted molar refractivity (Wildman–Crippen MR) is 87.3 cm³/mol. The van der Waals surface area contributed by atoms with Crippen molar-refractivity contribution in [1.29, 1.82) is 0 Å². The van der Waals surface area contributed by atoms with Crippen molar-refractivity contribution >= 4 is 24.2 Å². The molecule has 21 heavy (non-hydrogen) atoms. The Balaban J connectivity index is 0.00000400. The number of carbonyl (C=O) groups excluding carboxylic acids is 2. The average molecular weight is 320 g/mol. The lowest BCUT2D eigenvalue weighted by atomic mass is 9.84. The molecule has 1 atom stereocenters. The van der Waals surface area contributed by atoms with E-state index in [9.17, 15) is 9.59 Å². The van der Waals surface area contributed by atoms with Gasteiger partial charge >= 0.3 is 0 Å². The van der Waals surface area contributed by atoms with Crippen LogP contribution < -0.4 is 16.4 Å². The Morgan fingerprint density at radius 1 is 1.19 bits per heavy atom. The van der Waals surface area contributed by atoms with E-state index in [4.69, 9.17) is 5.73 Å². The first-order chi connectivity index (χ1) is 9.43. The van der Waals surface area contributed by atoms with Crippen LogP contribution in [0.4, 0.5) is 0 Å². The molecule has 1 aliphatic rings. The van der Waals surface area contributed by atoms with Crippen LogP contribution >= 0.6 is 12.4 Å². The van der Waals surface area contributed by atoms with Crippen LogP contribution in [0.15, 0.2) is 0 Å². The second-order valence-corrected chi connectivity index (χ2v) is 6.18. The summed E-state index contributed by atoms with van der Waals surface area (Å²) < 4.78 is 0. The Labute approximate surface area is 134 Å². The highest BCUT2D eigenvalue weighted by molar-refractivity contribution is 5.87. The van der Waals surface area contributed by atoms with Gasteiger partial charge in [0.05, 0.1) is 12.6 Å². The molecule has 0 saturated heterocycles. The van der Waals surface area contributed by atoms with Crippen molar-refractivity contribution in [2.75, 3.05) is 6.54 Å². The lowest BCUT2D eigenvalue weighted by Crippen LogP contribution is -2.48. The summed E-state index contributed by atoms with van der Waals surface area (Å²) in [4.78, 5) is 23.4. The normalized spacial score (nSPS) is 23.1. The molecule has 0 spiro atoms. The number of carbonyl (C=O) groups is 2. The smallest absolute Gasteiger partial charge is 0.239 e. The number of nitrogens with two attached hydrogens (primary N) is 1. The Kier molecular flexibility index (Phi) is 9.62. The minimum atomic E-state index is -0.553. The third-order valence-electron chi connectivity index (χ3n) is 4.23. The molecule has 0 aromatic heterocycles. The third kappa shape index (κ3) is 7.14. The van der Waals surface area contributed by atoms with Gasteiger partial charge < -0.3 is 16.4 Å². The van der Waals surface area contributed by atoms with Crippen LogP contribution in [-0.2, 0) is 9.59 Å². The van der Waals surface area contributed by atoms with Gasteiger partial charge in [-0.15, -0.1) is 12.4 Å². The minimum Gasteiger partial charge on any atom is -0.352 e. The lowest BCUT2D eigenvalue weighted by molar-refractivity contribution is -0.127. The van der Waals surface area contributed by atoms with E-state index in [-0.39, 0.29) is 42.7 Å². The number of rotatable bonds is 6. The second-order valence-electron chi connectivity index (χ2n) is 6.18. The first kappa shape index (κ1) is 20.2. The maximum absolute atomic E-state index is 11.8. The summed E-state index contributed by atoms with van der Waals surface area (Å²) in [6, 6.07) is -0.288. The Morgan fingerprint density at radius 2 is 1.76 bits per heavy atom. The van der Waals surface area contributed by atoms with Gasteiger partial charge in [0.15, 0.2) is 0 Å². The molecular weight excluding hydrogens is 290 g/mol. The summed E-state index contributed by atoms with van der Waals surface area (Å²) in [7, 11) is 0. The number of halogens is 1. The summed E-state index contributed by atoms with van der Waals surface area (Å²) in [5, 5.41) is 5.59. The average Bonchev–Trinajstić information content (AvgIpc) is 2.44. The van der Waals surface area contributed by atoms with Crippen LogP contribution in [0, 0.1) is 11.8 Å². The molecule has 1 fully saturated rings. The van der Waals surface area contributed by atoms with Crippen LogP contribution in [0.1, 0.15) is 52.9 Å². The van der Waals surface area contributed by atoms with Gasteiger partial charge in [0.1, 0.15) is 0 Å². The van der Waals surface area contributed by atoms with Crippen molar-refractivity contribution in [3.8, 4) is 0 Å². The molecule has 0 radical (unpaired) electrons. The fraction of sp³-hybridized carbons (Fsp3) is 0.867. The molecular formula is C15H30ClN3O2. The third-order valence-corrected chi connectivity index (χ3v) is 4.23. The van der Waals surface area contributed by atoms with Crippen LogP contribution in [0.5, 0.6) is 0 Å². The van der Waals surface area contributed by atoms with Crippen LogP contribution in [0.3, 0.4) is 0 Å². The Hall–Kier alpha value is -0.810. The van der Waals surface area contributed by atoms with E-state index in [1.807, 2.05) is 13.8 Å². The molecule has 0 aromatic rings. The predicted octanol–water partition coefficient (Wildman–Crippen LogP) is 1.59. The van der Waals surface area contributed by atoms with Gasteiger partial charge in [-0.25, -0.2) is 0 Å². The zero-order valence-electron chi connectivity index (χ0n) is 13.4. The lowest BCUT2D eigenvalue weighted by Gasteiger charge is -2.28. The van der Waals surface area contributed by atoms with Gasteiger partial charge in [-0.1, -0.05) is 27.2 Å². The van der Waals surface area contributed by atoms with Crippen molar-refractivity contribution in [3.63, 3.8) is 0 Å². The van der Waals surface area contributed by atoms with Crippen molar-refractivity contribution in [3.05, 3.63) is 0 Å². The molecule has 1 aliphatic carbocycles. The van der Waals surface area contributed by atoms with Gasteiger partial charge in [0.2, 0.25) is 11.8 Å². The fourth-order valence-electron chi connectivity index (χ4n) is 2.58. The summed E-state index contributed by atoms with van der Waals surface area (Å²) >= 11 is 0. The number of amides is 2. The summed E-state index contributed by atoms with van der Waals surface area (Å²) in [6.45, 7) is 6.01. The van der Waals surface area contributed by atoms with Crippen molar-refractivity contribution in [1.82, 2.24) is 10.6 Å². The summed E-state index contributed by atoms with van der Waals surface area (Å²) in [5.74, 6) is 0.508. The first-order valence-electron chi connectivity index (χ1n) is 7.76. The highest BCUT2D eigenvalue weighted by Gasteiger charge is 2.22. The van der Waals surface area contributed by atoms with Crippen molar-refractivity contribution in [2.45, 2.75) is 65.0 Å². The summed E-state index contributed by atoms with van der Waals surface area (Å²) in [5.41, 5.74) is 5.72. The second kappa shape index (κ2) is 10.0. The molecule has 0 heterocycles. The molecule has 0 bridgehead atoms. The summed E-state index contributed by atoms with van der Waals surface area (Å²) in [6.07, 6.45) is 5.69. The molecule has 1 rings (SSSR count). The van der Waals surface area contributed by atoms with Crippen LogP contribution in [-0.4, -0.2) is 30.4 Å². The van der Waals surface area contributed by atoms with E-state index in [0.29, 0.717) is 0 Å². The van der Waals surface area contributed by atoms with Crippen LogP contribution in [0.2, 0.25) is 0 Å². The SMILES string of the molecule is CCC1CCC(NC(=O)CNC(=O)[C@@H](N)C(C)C)CC1.Cl. The topological polar surface area (TPSA) is 84.2 Å². The van der Waals surface area contributed by atoms with E-state index in [1.54, 1.807) is 0 Å². The quantitative estimate of drug-likeness (QED) is 0.695. The zero-order chi connectivity index (χ0) is 15.1. The molecule has 4 N–H and O–H groups in total. The first-order valence-corrected chi connectivity index (χ1v) is 7.76. The molecule has 6 heteroatoms. The van der Waals surface area contributed by atoms with Gasteiger partial charge in [0, 0.05) is 6.04 Å². The monoisotopic (exact) mass is 319 g/mol. The number of nitrogens with one attached hydrogen (secondary N) is 2. The molecule has 124 valence electrons. The highest BCUT2D eigenvalue weighted by atomic mass is 35.5. The number of hydrogen-bond donors (Lipinski definition) is 3. The van der Waals surface area contributed by atoms with Gasteiger partial charge in [-0.3, -0.25) is 9.59 Å². The maximum atomic E-state index is 11.8. The minimum absolute atomic E-state index is 0. The standard InChI is InChI=1S/C15H29N3O2.ClH/c1-4-11-5-7-12(8-6-11)18-13(19)9-17-15(20)14(16)10(2)3;/h10-12,14H,4-9,16H2,1-3H3,(H,17,20)(H,18,19);1H/t11?,12?,14-;/m0./s1. The largest absolute Gasteiger partial charge is 0.352 e. The van der Waals surface area contributed by atoms with E-state index >= 15 is 0 Å². The molecule has 1 saturated carbocycles. The van der Waals surface area contributed by atoms with E-state index in [2.05, 4.69) is 17.6 Å². The van der Waals surface area contributed by atoms with E-state index in [1.165, 1.54) is 19.3 Å². The van der Waals surface area contributed by atoms with E-state index in [0.717, 1.165) is 18.8 Å². The van der Waals surface area contributed by atoms with Crippen LogP contribution in [0.25, 0.3) is 0 Å². The molecule has 0 aliphatic heterocycles. The van der Waals surface area contributed by atoms with Gasteiger partial charge in [0.25, 0.3) is 0 Å². The molecule has 0 aromatic carbocycles. The Morgan fingerprint density at radius 3 is 2.24 bits per heavy atom. The maximum Gasteiger partial charge on any atom is 0.239 e. The fourth-order valence-corrected chi connectivity index (χ4v) is 2.58. The van der Waals surface area contributed by atoms with Crippen molar-refractivity contribution < 1.29 is 9.59 Å². The van der Waals surface area contributed by atoms with Gasteiger partial charge in [-0.2, -0.15) is 0 Å².